The number of nitrogens with zero attached hydrogens (tertiary/aromatic N) is 3. The van der Waals surface area contributed by atoms with Gasteiger partial charge in [-0.15, -0.1) is 0 Å². The Balaban J connectivity index is 1.50. The van der Waals surface area contributed by atoms with E-state index in [0.29, 0.717) is 18.4 Å². The van der Waals surface area contributed by atoms with Gasteiger partial charge in [-0.05, 0) is 43.0 Å². The number of rotatable bonds is 6. The standard InChI is InChI=1S/C18H22N6/c1-24-10-8-13-15(3-2-4-16(13)24)22-17-7-9-20-18(23-17)21-11-14(19)12-5-6-12/h2-4,7-10,12,14H,5-6,11,19H2,1H3,(H2,20,21,22,23)/t14-/m1/s1. The normalized spacial score (nSPS) is 15.4. The van der Waals surface area contributed by atoms with E-state index in [4.69, 9.17) is 5.73 Å². The molecular formula is C18H22N6. The van der Waals surface area contributed by atoms with Crippen molar-refractivity contribution in [3.05, 3.63) is 42.7 Å². The third kappa shape index (κ3) is 3.05. The van der Waals surface area contributed by atoms with E-state index >= 15 is 0 Å². The van der Waals surface area contributed by atoms with Gasteiger partial charge in [0.05, 0.1) is 0 Å². The Kier molecular flexibility index (Phi) is 3.82. The number of anilines is 3. The fourth-order valence-corrected chi connectivity index (χ4v) is 2.96. The summed E-state index contributed by atoms with van der Waals surface area (Å²) in [7, 11) is 2.04. The summed E-state index contributed by atoms with van der Waals surface area (Å²) in [6.07, 6.45) is 6.30. The number of hydrogen-bond donors (Lipinski definition) is 3. The first-order valence-electron chi connectivity index (χ1n) is 8.34. The summed E-state index contributed by atoms with van der Waals surface area (Å²) in [6.45, 7) is 0.711. The second kappa shape index (κ2) is 6.13. The van der Waals surface area contributed by atoms with Crippen molar-refractivity contribution in [3.63, 3.8) is 0 Å². The smallest absolute Gasteiger partial charge is 0.224 e. The zero-order valence-electron chi connectivity index (χ0n) is 13.7. The molecule has 24 heavy (non-hydrogen) atoms. The highest BCUT2D eigenvalue weighted by atomic mass is 15.1. The molecule has 0 unspecified atom stereocenters. The van der Waals surface area contributed by atoms with Gasteiger partial charge in [0.2, 0.25) is 5.95 Å². The number of benzene rings is 1. The van der Waals surface area contributed by atoms with Crippen molar-refractivity contribution >= 4 is 28.4 Å². The Morgan fingerprint density at radius 3 is 3.00 bits per heavy atom. The quantitative estimate of drug-likeness (QED) is 0.650. The van der Waals surface area contributed by atoms with Gasteiger partial charge in [-0.2, -0.15) is 4.98 Å². The molecule has 0 bridgehead atoms. The van der Waals surface area contributed by atoms with Crippen LogP contribution in [0.1, 0.15) is 12.8 Å². The van der Waals surface area contributed by atoms with Crippen molar-refractivity contribution in [1.29, 1.82) is 0 Å². The molecule has 2 aromatic heterocycles. The minimum atomic E-state index is 0.184. The van der Waals surface area contributed by atoms with Crippen LogP contribution in [0.3, 0.4) is 0 Å². The number of aromatic nitrogens is 3. The Hall–Kier alpha value is -2.60. The Morgan fingerprint density at radius 2 is 2.17 bits per heavy atom. The van der Waals surface area contributed by atoms with Crippen LogP contribution in [0.2, 0.25) is 0 Å². The molecule has 1 aliphatic rings. The van der Waals surface area contributed by atoms with E-state index in [-0.39, 0.29) is 6.04 Å². The van der Waals surface area contributed by atoms with E-state index < -0.39 is 0 Å². The van der Waals surface area contributed by atoms with E-state index in [0.717, 1.165) is 11.5 Å². The van der Waals surface area contributed by atoms with E-state index in [9.17, 15) is 0 Å². The van der Waals surface area contributed by atoms with Crippen molar-refractivity contribution in [2.75, 3.05) is 17.2 Å². The molecule has 0 amide bonds. The first kappa shape index (κ1) is 15.0. The molecule has 1 saturated carbocycles. The van der Waals surface area contributed by atoms with E-state index in [2.05, 4.69) is 49.6 Å². The van der Waals surface area contributed by atoms with E-state index in [1.54, 1.807) is 6.20 Å². The molecule has 1 atom stereocenters. The first-order valence-corrected chi connectivity index (χ1v) is 8.34. The largest absolute Gasteiger partial charge is 0.353 e. The molecular weight excluding hydrogens is 300 g/mol. The van der Waals surface area contributed by atoms with Gasteiger partial charge in [0.1, 0.15) is 5.82 Å². The minimum Gasteiger partial charge on any atom is -0.353 e. The summed E-state index contributed by atoms with van der Waals surface area (Å²) in [6, 6.07) is 10.4. The van der Waals surface area contributed by atoms with Crippen LogP contribution in [-0.4, -0.2) is 27.1 Å². The van der Waals surface area contributed by atoms with Gasteiger partial charge in [0.25, 0.3) is 0 Å². The molecule has 2 heterocycles. The second-order valence-electron chi connectivity index (χ2n) is 6.44. The molecule has 4 rings (SSSR count). The van der Waals surface area contributed by atoms with Gasteiger partial charge < -0.3 is 20.9 Å². The van der Waals surface area contributed by atoms with Crippen LogP contribution < -0.4 is 16.4 Å². The van der Waals surface area contributed by atoms with Gasteiger partial charge in [-0.25, -0.2) is 4.98 Å². The lowest BCUT2D eigenvalue weighted by molar-refractivity contribution is 0.619. The molecule has 6 heteroatoms. The lowest BCUT2D eigenvalue weighted by Gasteiger charge is -2.12. The number of fused-ring (bicyclic) bond motifs is 1. The summed E-state index contributed by atoms with van der Waals surface area (Å²) < 4.78 is 2.10. The SMILES string of the molecule is Cn1ccc2c(Nc3ccnc(NC[C@@H](N)C4CC4)n3)cccc21. The average Bonchev–Trinajstić information content (AvgIpc) is 3.38. The molecule has 1 aromatic carbocycles. The molecule has 0 spiro atoms. The van der Waals surface area contributed by atoms with Gasteiger partial charge >= 0.3 is 0 Å². The summed E-state index contributed by atoms with van der Waals surface area (Å²) in [5.41, 5.74) is 8.33. The van der Waals surface area contributed by atoms with Crippen molar-refractivity contribution < 1.29 is 0 Å². The van der Waals surface area contributed by atoms with Crippen molar-refractivity contribution in [3.8, 4) is 0 Å². The van der Waals surface area contributed by atoms with Crippen molar-refractivity contribution in [1.82, 2.24) is 14.5 Å². The maximum absolute atomic E-state index is 6.12. The molecule has 4 N–H and O–H groups in total. The lowest BCUT2D eigenvalue weighted by Crippen LogP contribution is -2.31. The Labute approximate surface area is 141 Å². The highest BCUT2D eigenvalue weighted by Gasteiger charge is 2.28. The highest BCUT2D eigenvalue weighted by molar-refractivity contribution is 5.93. The predicted octanol–water partition coefficient (Wildman–Crippen LogP) is 2.86. The molecule has 1 fully saturated rings. The summed E-state index contributed by atoms with van der Waals surface area (Å²) in [5.74, 6) is 2.04. The zero-order valence-corrected chi connectivity index (χ0v) is 13.7. The number of nitrogens with one attached hydrogen (secondary N) is 2. The molecule has 124 valence electrons. The fourth-order valence-electron chi connectivity index (χ4n) is 2.96. The van der Waals surface area contributed by atoms with Crippen LogP contribution in [-0.2, 0) is 7.05 Å². The van der Waals surface area contributed by atoms with Gasteiger partial charge in [0, 0.05) is 48.6 Å². The third-order valence-corrected chi connectivity index (χ3v) is 4.57. The summed E-state index contributed by atoms with van der Waals surface area (Å²) in [5, 5.41) is 7.80. The lowest BCUT2D eigenvalue weighted by atomic mass is 10.2. The number of nitrogens with two attached hydrogens (primary N) is 1. The van der Waals surface area contributed by atoms with Crippen molar-refractivity contribution in [2.24, 2.45) is 18.7 Å². The van der Waals surface area contributed by atoms with Crippen LogP contribution in [0.25, 0.3) is 10.9 Å². The number of aryl methyl sites for hydroxylation is 1. The predicted molar refractivity (Wildman–Crippen MR) is 97.4 cm³/mol. The average molecular weight is 322 g/mol. The summed E-state index contributed by atoms with van der Waals surface area (Å²) in [4.78, 5) is 8.81. The zero-order chi connectivity index (χ0) is 16.5. The molecule has 0 radical (unpaired) electrons. The molecule has 0 saturated heterocycles. The van der Waals surface area contributed by atoms with Gasteiger partial charge in [-0.3, -0.25) is 0 Å². The number of hydrogen-bond acceptors (Lipinski definition) is 5. The first-order chi connectivity index (χ1) is 11.7. The van der Waals surface area contributed by atoms with Crippen LogP contribution in [0.15, 0.2) is 42.7 Å². The summed E-state index contributed by atoms with van der Waals surface area (Å²) >= 11 is 0. The van der Waals surface area contributed by atoms with Gasteiger partial charge in [0.15, 0.2) is 0 Å². The third-order valence-electron chi connectivity index (χ3n) is 4.57. The molecule has 6 nitrogen and oxygen atoms in total. The maximum Gasteiger partial charge on any atom is 0.224 e. The van der Waals surface area contributed by atoms with Crippen LogP contribution in [0.5, 0.6) is 0 Å². The second-order valence-corrected chi connectivity index (χ2v) is 6.44. The molecule has 1 aliphatic carbocycles. The van der Waals surface area contributed by atoms with E-state index in [1.807, 2.05) is 19.2 Å². The topological polar surface area (TPSA) is 80.8 Å². The Morgan fingerprint density at radius 1 is 1.29 bits per heavy atom. The van der Waals surface area contributed by atoms with E-state index in [1.165, 1.54) is 23.7 Å². The van der Waals surface area contributed by atoms with Crippen molar-refractivity contribution in [2.45, 2.75) is 18.9 Å². The monoisotopic (exact) mass is 322 g/mol. The van der Waals surface area contributed by atoms with Gasteiger partial charge in [-0.1, -0.05) is 6.07 Å². The molecule has 3 aromatic rings. The van der Waals surface area contributed by atoms with Crippen LogP contribution in [0, 0.1) is 5.92 Å². The highest BCUT2D eigenvalue weighted by Crippen LogP contribution is 2.31. The van der Waals surface area contributed by atoms with Crippen LogP contribution in [0.4, 0.5) is 17.5 Å². The molecule has 0 aliphatic heterocycles. The fraction of sp³-hybridized carbons (Fsp3) is 0.333. The van der Waals surface area contributed by atoms with Crippen LogP contribution >= 0.6 is 0 Å². The Bertz CT molecular complexity index is 852. The minimum absolute atomic E-state index is 0.184. The maximum atomic E-state index is 6.12.